The van der Waals surface area contributed by atoms with Crippen molar-refractivity contribution >= 4 is 5.97 Å². The molecule has 0 aliphatic rings. The van der Waals surface area contributed by atoms with E-state index in [1.807, 2.05) is 0 Å². The van der Waals surface area contributed by atoms with E-state index in [0.717, 1.165) is 0 Å². The molecule has 0 saturated carbocycles. The fourth-order valence-corrected chi connectivity index (χ4v) is 0.735. The van der Waals surface area contributed by atoms with Gasteiger partial charge in [-0.2, -0.15) is 30.3 Å². The van der Waals surface area contributed by atoms with Gasteiger partial charge in [0.2, 0.25) is 0 Å². The second kappa shape index (κ2) is 8.63. The van der Waals surface area contributed by atoms with Gasteiger partial charge in [0.1, 0.15) is 0 Å². The van der Waals surface area contributed by atoms with Crippen LogP contribution >= 0.6 is 0 Å². The van der Waals surface area contributed by atoms with Gasteiger partial charge in [-0.3, -0.25) is 4.79 Å². The summed E-state index contributed by atoms with van der Waals surface area (Å²) in [5.74, 6) is -0.288. The first-order valence-electron chi connectivity index (χ1n) is 3.48. The molecule has 0 radical (unpaired) electrons. The molecule has 0 aliphatic heterocycles. The van der Waals surface area contributed by atoms with Crippen LogP contribution in [0.3, 0.4) is 0 Å². The average Bonchev–Trinajstić information content (AvgIpc) is 2.07. The van der Waals surface area contributed by atoms with Gasteiger partial charge in [-0.25, -0.2) is 0 Å². The quantitative estimate of drug-likeness (QED) is 0.288. The molecule has 0 unspecified atom stereocenters. The Morgan fingerprint density at radius 3 is 2.77 bits per heavy atom. The molecule has 0 fully saturated rings. The summed E-state index contributed by atoms with van der Waals surface area (Å²) in [6.07, 6.45) is 0. The summed E-state index contributed by atoms with van der Waals surface area (Å²) in [4.78, 5) is 11.0. The predicted octanol–water partition coefficient (Wildman–Crippen LogP) is -1.34. The van der Waals surface area contributed by atoms with Crippen LogP contribution in [0, 0.1) is 6.07 Å². The Kier molecular flexibility index (Phi) is 10.3. The van der Waals surface area contributed by atoms with E-state index in [1.165, 1.54) is 0 Å². The van der Waals surface area contributed by atoms with Crippen molar-refractivity contribution in [3.05, 3.63) is 35.9 Å². The Morgan fingerprint density at radius 2 is 2.31 bits per heavy atom. The first-order chi connectivity index (χ1) is 5.34. The van der Waals surface area contributed by atoms with Gasteiger partial charge >= 0.3 is 19.5 Å². The Labute approximate surface area is 108 Å². The third-order valence-electron chi connectivity index (χ3n) is 1.22. The molecule has 0 spiro atoms. The molecule has 1 rings (SSSR count). The fourth-order valence-electron chi connectivity index (χ4n) is 0.735. The minimum atomic E-state index is -0.288. The topological polar surface area (TPSA) is 26.3 Å². The molecular weight excluding hydrogens is 332 g/mol. The SMILES string of the molecule is CCOC(=O)c1c[c-]ccc1.[I-].[Zn+2]. The molecule has 1 aromatic carbocycles. The third-order valence-corrected chi connectivity index (χ3v) is 1.22. The largest absolute Gasteiger partial charge is 2.00 e. The number of esters is 1. The summed E-state index contributed by atoms with van der Waals surface area (Å²) in [6, 6.07) is 9.61. The summed E-state index contributed by atoms with van der Waals surface area (Å²) < 4.78 is 4.77. The van der Waals surface area contributed by atoms with Crippen LogP contribution in [0.15, 0.2) is 24.3 Å². The van der Waals surface area contributed by atoms with Crippen molar-refractivity contribution in [2.24, 2.45) is 0 Å². The minimum absolute atomic E-state index is 0. The number of rotatable bonds is 2. The van der Waals surface area contributed by atoms with Crippen molar-refractivity contribution in [2.75, 3.05) is 6.61 Å². The van der Waals surface area contributed by atoms with Crippen LogP contribution < -0.4 is 24.0 Å². The summed E-state index contributed by atoms with van der Waals surface area (Å²) in [5.41, 5.74) is 0.550. The van der Waals surface area contributed by atoms with Gasteiger partial charge in [0.15, 0.2) is 0 Å². The molecular formula is C9H9IO2Zn. The van der Waals surface area contributed by atoms with Crippen molar-refractivity contribution in [1.29, 1.82) is 0 Å². The number of ether oxygens (including phenoxy) is 1. The molecule has 4 heteroatoms. The first-order valence-corrected chi connectivity index (χ1v) is 3.48. The van der Waals surface area contributed by atoms with Gasteiger partial charge in [0.05, 0.1) is 6.61 Å². The van der Waals surface area contributed by atoms with Crippen LogP contribution in [-0.2, 0) is 24.2 Å². The normalized spacial score (nSPS) is 7.77. The second-order valence-electron chi connectivity index (χ2n) is 2.01. The number of benzene rings is 1. The maximum absolute atomic E-state index is 11.0. The minimum Gasteiger partial charge on any atom is -1.00 e. The summed E-state index contributed by atoms with van der Waals surface area (Å²) in [7, 11) is 0. The van der Waals surface area contributed by atoms with Crippen molar-refractivity contribution in [2.45, 2.75) is 6.92 Å². The van der Waals surface area contributed by atoms with Gasteiger partial charge in [0.25, 0.3) is 5.97 Å². The first kappa shape index (κ1) is 15.5. The standard InChI is InChI=1S/C9H9O2.HI.Zn/c1-2-11-9(10)8-6-4-3-5-7-8;;/h3-4,6-7H,2H2,1H3;1H;/q-1;;+2/p-1. The number of carbonyl (C=O) groups excluding carboxylic acids is 1. The average molecular weight is 341 g/mol. The van der Waals surface area contributed by atoms with Crippen LogP contribution in [0.1, 0.15) is 17.3 Å². The Hall–Kier alpha value is 0.0434. The molecule has 0 atom stereocenters. The Morgan fingerprint density at radius 1 is 1.62 bits per heavy atom. The van der Waals surface area contributed by atoms with Gasteiger partial charge in [-0.05, 0) is 6.92 Å². The maximum Gasteiger partial charge on any atom is 2.00 e. The summed E-state index contributed by atoms with van der Waals surface area (Å²) >= 11 is 0. The van der Waals surface area contributed by atoms with Gasteiger partial charge in [0, 0.05) is 0 Å². The van der Waals surface area contributed by atoms with Crippen LogP contribution in [0.5, 0.6) is 0 Å². The number of hydrogen-bond donors (Lipinski definition) is 0. The zero-order valence-electron chi connectivity index (χ0n) is 7.42. The van der Waals surface area contributed by atoms with Crippen molar-refractivity contribution in [3.63, 3.8) is 0 Å². The van der Waals surface area contributed by atoms with Gasteiger partial charge in [-0.15, -0.1) is 0 Å². The van der Waals surface area contributed by atoms with Crippen molar-refractivity contribution in [1.82, 2.24) is 0 Å². The number of carbonyl (C=O) groups is 1. The van der Waals surface area contributed by atoms with E-state index in [4.69, 9.17) is 4.74 Å². The maximum atomic E-state index is 11.0. The predicted molar refractivity (Wildman–Crippen MR) is 41.2 cm³/mol. The molecule has 13 heavy (non-hydrogen) atoms. The molecule has 0 amide bonds. The molecule has 2 nitrogen and oxygen atoms in total. The molecule has 0 aromatic heterocycles. The molecule has 0 heterocycles. The molecule has 0 saturated heterocycles. The summed E-state index contributed by atoms with van der Waals surface area (Å²) in [6.45, 7) is 2.19. The van der Waals surface area contributed by atoms with E-state index in [2.05, 4.69) is 6.07 Å². The van der Waals surface area contributed by atoms with E-state index in [-0.39, 0.29) is 49.4 Å². The second-order valence-corrected chi connectivity index (χ2v) is 2.01. The monoisotopic (exact) mass is 340 g/mol. The summed E-state index contributed by atoms with van der Waals surface area (Å²) in [5, 5.41) is 0. The zero-order valence-corrected chi connectivity index (χ0v) is 12.5. The van der Waals surface area contributed by atoms with Crippen LogP contribution in [0.25, 0.3) is 0 Å². The van der Waals surface area contributed by atoms with Crippen molar-refractivity contribution < 1.29 is 53.0 Å². The van der Waals surface area contributed by atoms with E-state index >= 15 is 0 Å². The van der Waals surface area contributed by atoms with Crippen LogP contribution in [0.2, 0.25) is 0 Å². The Balaban J connectivity index is 0. The molecule has 66 valence electrons. The fraction of sp³-hybridized carbons (Fsp3) is 0.222. The van der Waals surface area contributed by atoms with Gasteiger partial charge < -0.3 is 28.7 Å². The molecule has 1 aromatic rings. The van der Waals surface area contributed by atoms with Gasteiger partial charge in [-0.1, -0.05) is 5.56 Å². The number of hydrogen-bond acceptors (Lipinski definition) is 2. The Bertz CT molecular complexity index is 239. The smallest absolute Gasteiger partial charge is 1.00 e. The molecule has 0 N–H and O–H groups in total. The molecule has 0 bridgehead atoms. The van der Waals surface area contributed by atoms with Crippen molar-refractivity contribution in [3.8, 4) is 0 Å². The molecule has 0 aliphatic carbocycles. The van der Waals surface area contributed by atoms with E-state index < -0.39 is 0 Å². The number of halogens is 1. The van der Waals surface area contributed by atoms with Crippen LogP contribution in [0.4, 0.5) is 0 Å². The van der Waals surface area contributed by atoms with E-state index in [9.17, 15) is 4.79 Å². The third kappa shape index (κ3) is 5.37. The zero-order chi connectivity index (χ0) is 8.10. The van der Waals surface area contributed by atoms with E-state index in [1.54, 1.807) is 31.2 Å². The van der Waals surface area contributed by atoms with Crippen LogP contribution in [-0.4, -0.2) is 12.6 Å². The van der Waals surface area contributed by atoms with E-state index in [0.29, 0.717) is 12.2 Å².